The van der Waals surface area contributed by atoms with Crippen molar-refractivity contribution in [3.05, 3.63) is 57.6 Å². The number of hydrogen-bond acceptors (Lipinski definition) is 6. The summed E-state index contributed by atoms with van der Waals surface area (Å²) < 4.78 is 11.4. The summed E-state index contributed by atoms with van der Waals surface area (Å²) in [7, 11) is 0. The fraction of sp³-hybridized carbons (Fsp3) is 0.407. The summed E-state index contributed by atoms with van der Waals surface area (Å²) in [6, 6.07) is 10.2. The molecule has 1 heterocycles. The Kier molecular flexibility index (Phi) is 9.64. The summed E-state index contributed by atoms with van der Waals surface area (Å²) in [4.78, 5) is 50.9. The number of ether oxygens (including phenoxy) is 2. The Balaban J connectivity index is 1.49. The average Bonchev–Trinajstić information content (AvgIpc) is 3.25. The van der Waals surface area contributed by atoms with Gasteiger partial charge in [0.2, 0.25) is 5.91 Å². The Morgan fingerprint density at radius 2 is 1.72 bits per heavy atom. The van der Waals surface area contributed by atoms with Gasteiger partial charge in [0.15, 0.2) is 6.61 Å². The predicted molar refractivity (Wildman–Crippen MR) is 140 cm³/mol. The molecular weight excluding hydrogens is 528 g/mol. The van der Waals surface area contributed by atoms with Gasteiger partial charge in [-0.3, -0.25) is 14.4 Å². The van der Waals surface area contributed by atoms with E-state index >= 15 is 0 Å². The minimum atomic E-state index is -0.675. The number of nitrogens with zero attached hydrogens (tertiary/aromatic N) is 1. The molecule has 1 aliphatic heterocycles. The van der Waals surface area contributed by atoms with E-state index in [9.17, 15) is 19.2 Å². The van der Waals surface area contributed by atoms with Gasteiger partial charge in [0.25, 0.3) is 5.91 Å². The number of halogens is 1. The first-order valence-electron chi connectivity index (χ1n) is 12.0. The minimum Gasteiger partial charge on any atom is -0.462 e. The molecule has 0 saturated carbocycles. The third-order valence-corrected chi connectivity index (χ3v) is 7.17. The molecular formula is C27H31BrN2O6. The first kappa shape index (κ1) is 27.4. The molecule has 1 aliphatic rings. The smallest absolute Gasteiger partial charge is 0.338 e. The van der Waals surface area contributed by atoms with Crippen LogP contribution in [0.5, 0.6) is 0 Å². The highest BCUT2D eigenvalue weighted by molar-refractivity contribution is 9.10. The summed E-state index contributed by atoms with van der Waals surface area (Å²) in [6.07, 6.45) is 2.86. The Morgan fingerprint density at radius 1 is 1.06 bits per heavy atom. The molecule has 0 bridgehead atoms. The van der Waals surface area contributed by atoms with Crippen molar-refractivity contribution in [3.63, 3.8) is 0 Å². The van der Waals surface area contributed by atoms with E-state index in [1.807, 2.05) is 26.0 Å². The molecule has 0 unspecified atom stereocenters. The Bertz CT molecular complexity index is 1110. The molecule has 9 heteroatoms. The van der Waals surface area contributed by atoms with Gasteiger partial charge < -0.3 is 19.7 Å². The van der Waals surface area contributed by atoms with E-state index in [4.69, 9.17) is 9.47 Å². The number of rotatable bonds is 10. The van der Waals surface area contributed by atoms with Crippen molar-refractivity contribution in [3.8, 4) is 0 Å². The van der Waals surface area contributed by atoms with Gasteiger partial charge in [-0.1, -0.05) is 35.7 Å². The monoisotopic (exact) mass is 558 g/mol. The Morgan fingerprint density at radius 3 is 2.36 bits per heavy atom. The maximum atomic E-state index is 12.5. The van der Waals surface area contributed by atoms with Crippen molar-refractivity contribution in [1.29, 1.82) is 0 Å². The Labute approximate surface area is 219 Å². The minimum absolute atomic E-state index is 0.00717. The van der Waals surface area contributed by atoms with Crippen LogP contribution in [0.3, 0.4) is 0 Å². The number of anilines is 2. The first-order valence-corrected chi connectivity index (χ1v) is 12.8. The van der Waals surface area contributed by atoms with Crippen LogP contribution >= 0.6 is 15.9 Å². The highest BCUT2D eigenvalue weighted by atomic mass is 79.9. The van der Waals surface area contributed by atoms with Gasteiger partial charge >= 0.3 is 11.9 Å². The molecule has 2 aromatic rings. The van der Waals surface area contributed by atoms with Gasteiger partial charge in [-0.2, -0.15) is 0 Å². The molecule has 1 saturated heterocycles. The highest BCUT2D eigenvalue weighted by Crippen LogP contribution is 2.27. The largest absolute Gasteiger partial charge is 0.462 e. The lowest BCUT2D eigenvalue weighted by Gasteiger charge is -2.17. The fourth-order valence-corrected chi connectivity index (χ4v) is 4.19. The van der Waals surface area contributed by atoms with Crippen LogP contribution in [0.1, 0.15) is 54.1 Å². The zero-order valence-electron chi connectivity index (χ0n) is 20.8. The maximum Gasteiger partial charge on any atom is 0.338 e. The van der Waals surface area contributed by atoms with E-state index < -0.39 is 30.4 Å². The number of nitrogens with one attached hydrogen (secondary N) is 1. The summed E-state index contributed by atoms with van der Waals surface area (Å²) in [5.41, 5.74) is 3.55. The lowest BCUT2D eigenvalue weighted by Crippen LogP contribution is -2.28. The third kappa shape index (κ3) is 7.16. The molecule has 0 aromatic heterocycles. The molecule has 2 aromatic carbocycles. The standard InChI is InChI=1S/C27H31BrN2O6/c1-4-5-6-11-35-26(33)19-7-9-22(10-8-19)30-15-20(14-24(30)32)27(34)36-16-23(31)29-21-12-17(2)25(28)18(3)13-21/h7-10,12-13,20H,4-6,11,14-16H2,1-3H3,(H,29,31)/t20-/m0/s1. The molecule has 1 fully saturated rings. The molecule has 0 aliphatic carbocycles. The van der Waals surface area contributed by atoms with Gasteiger partial charge in [0, 0.05) is 28.8 Å². The van der Waals surface area contributed by atoms with E-state index in [0.29, 0.717) is 23.5 Å². The molecule has 0 radical (unpaired) electrons. The van der Waals surface area contributed by atoms with Gasteiger partial charge in [-0.05, 0) is 67.8 Å². The van der Waals surface area contributed by atoms with Crippen LogP contribution < -0.4 is 10.2 Å². The summed E-state index contributed by atoms with van der Waals surface area (Å²) in [6.45, 7) is 6.00. The molecule has 36 heavy (non-hydrogen) atoms. The SMILES string of the molecule is CCCCCOC(=O)c1ccc(N2C[C@@H](C(=O)OCC(=O)Nc3cc(C)c(Br)c(C)c3)CC2=O)cc1. The van der Waals surface area contributed by atoms with E-state index in [1.165, 1.54) is 4.90 Å². The fourth-order valence-electron chi connectivity index (χ4n) is 3.96. The first-order chi connectivity index (χ1) is 17.2. The number of carbonyl (C=O) groups excluding carboxylic acids is 4. The van der Waals surface area contributed by atoms with Gasteiger partial charge in [0.1, 0.15) is 0 Å². The quantitative estimate of drug-likeness (QED) is 0.327. The van der Waals surface area contributed by atoms with Crippen LogP contribution in [0.4, 0.5) is 11.4 Å². The van der Waals surface area contributed by atoms with Crippen LogP contribution in [0, 0.1) is 19.8 Å². The summed E-state index contributed by atoms with van der Waals surface area (Å²) in [5, 5.41) is 2.72. The molecule has 2 amide bonds. The lowest BCUT2D eigenvalue weighted by atomic mass is 10.1. The number of aryl methyl sites for hydroxylation is 2. The van der Waals surface area contributed by atoms with Crippen LogP contribution in [0.15, 0.2) is 40.9 Å². The molecule has 1 N–H and O–H groups in total. The van der Waals surface area contributed by atoms with Gasteiger partial charge in [-0.15, -0.1) is 0 Å². The second kappa shape index (κ2) is 12.7. The second-order valence-corrected chi connectivity index (χ2v) is 9.67. The number of hydrogen-bond donors (Lipinski definition) is 1. The van der Waals surface area contributed by atoms with Crippen molar-refractivity contribution in [1.82, 2.24) is 0 Å². The zero-order valence-corrected chi connectivity index (χ0v) is 22.4. The number of esters is 2. The van der Waals surface area contributed by atoms with Crippen molar-refractivity contribution in [2.24, 2.45) is 5.92 Å². The summed E-state index contributed by atoms with van der Waals surface area (Å²) >= 11 is 3.48. The molecule has 0 spiro atoms. The normalized spacial score (nSPS) is 15.1. The van der Waals surface area contributed by atoms with Gasteiger partial charge in [0.05, 0.1) is 18.1 Å². The maximum absolute atomic E-state index is 12.5. The van der Waals surface area contributed by atoms with Crippen LogP contribution in [0.25, 0.3) is 0 Å². The lowest BCUT2D eigenvalue weighted by molar-refractivity contribution is -0.151. The van der Waals surface area contributed by atoms with Crippen molar-refractivity contribution < 1.29 is 28.7 Å². The molecule has 192 valence electrons. The topological polar surface area (TPSA) is 102 Å². The zero-order chi connectivity index (χ0) is 26.2. The van der Waals surface area contributed by atoms with Crippen LogP contribution in [0.2, 0.25) is 0 Å². The van der Waals surface area contributed by atoms with E-state index in [2.05, 4.69) is 28.2 Å². The number of unbranched alkanes of at least 4 members (excludes halogenated alkanes) is 2. The molecule has 8 nitrogen and oxygen atoms in total. The number of benzene rings is 2. The van der Waals surface area contributed by atoms with Crippen molar-refractivity contribution >= 4 is 51.1 Å². The molecule has 1 atom stereocenters. The van der Waals surface area contributed by atoms with Gasteiger partial charge in [-0.25, -0.2) is 4.79 Å². The Hall–Kier alpha value is -3.20. The summed E-state index contributed by atoms with van der Waals surface area (Å²) in [5.74, 6) is -2.36. The number of carbonyl (C=O) groups is 4. The van der Waals surface area contributed by atoms with Crippen LogP contribution in [-0.4, -0.2) is 43.5 Å². The van der Waals surface area contributed by atoms with E-state index in [0.717, 1.165) is 34.9 Å². The molecule has 3 rings (SSSR count). The predicted octanol–water partition coefficient (Wildman–Crippen LogP) is 4.95. The number of amides is 2. The van der Waals surface area contributed by atoms with Crippen molar-refractivity contribution in [2.75, 3.05) is 30.0 Å². The van der Waals surface area contributed by atoms with E-state index in [1.54, 1.807) is 24.3 Å². The van der Waals surface area contributed by atoms with E-state index in [-0.39, 0.29) is 18.9 Å². The average molecular weight is 559 g/mol. The second-order valence-electron chi connectivity index (χ2n) is 8.88. The van der Waals surface area contributed by atoms with Crippen LogP contribution in [-0.2, 0) is 23.9 Å². The third-order valence-electron chi connectivity index (χ3n) is 5.92. The highest BCUT2D eigenvalue weighted by Gasteiger charge is 2.36. The van der Waals surface area contributed by atoms with Crippen molar-refractivity contribution in [2.45, 2.75) is 46.5 Å².